The number of ether oxygens (including phenoxy) is 1. The molecule has 4 nitrogen and oxygen atoms in total. The highest BCUT2D eigenvalue weighted by Crippen LogP contribution is 2.42. The van der Waals surface area contributed by atoms with Crippen LogP contribution in [0.25, 0.3) is 0 Å². The van der Waals surface area contributed by atoms with Crippen molar-refractivity contribution in [1.82, 2.24) is 0 Å². The third-order valence-electron chi connectivity index (χ3n) is 3.98. The van der Waals surface area contributed by atoms with Gasteiger partial charge in [0.25, 0.3) is 0 Å². The van der Waals surface area contributed by atoms with Crippen LogP contribution in [0.15, 0.2) is 18.2 Å². The molecule has 22 heavy (non-hydrogen) atoms. The number of hydrogen-bond acceptors (Lipinski definition) is 3. The van der Waals surface area contributed by atoms with Crippen LogP contribution in [0.2, 0.25) is 0 Å². The zero-order chi connectivity index (χ0) is 16.6. The van der Waals surface area contributed by atoms with Gasteiger partial charge in [-0.1, -0.05) is 52.0 Å². The van der Waals surface area contributed by atoms with Gasteiger partial charge in [-0.25, -0.2) is 4.79 Å². The van der Waals surface area contributed by atoms with Gasteiger partial charge in [0.05, 0.1) is 5.69 Å². The molecule has 0 amide bonds. The summed E-state index contributed by atoms with van der Waals surface area (Å²) in [4.78, 5) is 13.8. The second-order valence-electron chi connectivity index (χ2n) is 6.36. The van der Waals surface area contributed by atoms with Crippen molar-refractivity contribution in [3.05, 3.63) is 23.8 Å². The minimum atomic E-state index is -0.896. The number of rotatable bonds is 4. The van der Waals surface area contributed by atoms with E-state index in [1.807, 2.05) is 32.0 Å². The van der Waals surface area contributed by atoms with E-state index in [1.54, 1.807) is 11.8 Å². The summed E-state index contributed by atoms with van der Waals surface area (Å²) in [6, 6.07) is 5.11. The largest absolute Gasteiger partial charge is 0.481 e. The number of nitrogens with zero attached hydrogens (tertiary/aromatic N) is 1. The Balaban J connectivity index is 2.62. The van der Waals surface area contributed by atoms with Gasteiger partial charge in [0.2, 0.25) is 0 Å². The van der Waals surface area contributed by atoms with Crippen LogP contribution in [0.3, 0.4) is 0 Å². The van der Waals surface area contributed by atoms with Crippen LogP contribution in [-0.4, -0.2) is 28.2 Å². The highest BCUT2D eigenvalue weighted by atomic mass is 32.1. The smallest absolute Gasteiger partial charge is 0.326 e. The molecule has 1 aliphatic rings. The Morgan fingerprint density at radius 1 is 1.27 bits per heavy atom. The highest BCUT2D eigenvalue weighted by molar-refractivity contribution is 7.80. The summed E-state index contributed by atoms with van der Waals surface area (Å²) in [5.74, 6) is 0.325. The normalized spacial score (nSPS) is 19.1. The van der Waals surface area contributed by atoms with Gasteiger partial charge in [-0.15, -0.1) is 0 Å². The number of benzene rings is 1. The Bertz CT molecular complexity index is 598. The van der Waals surface area contributed by atoms with E-state index in [0.29, 0.717) is 4.99 Å². The number of thiocarbonyl (C=S) groups is 1. The molecule has 0 bridgehead atoms. The maximum absolute atomic E-state index is 11.5. The predicted molar refractivity (Wildman–Crippen MR) is 92.0 cm³/mol. The van der Waals surface area contributed by atoms with Crippen molar-refractivity contribution in [3.63, 3.8) is 0 Å². The first-order valence-corrected chi connectivity index (χ1v) is 8.02. The molecule has 2 rings (SSSR count). The Morgan fingerprint density at radius 2 is 1.91 bits per heavy atom. The lowest BCUT2D eigenvalue weighted by atomic mass is 9.97. The summed E-state index contributed by atoms with van der Waals surface area (Å²) in [6.45, 7) is 9.92. The molecule has 0 saturated heterocycles. The number of aliphatic carboxylic acids is 1. The van der Waals surface area contributed by atoms with E-state index >= 15 is 0 Å². The molecule has 1 heterocycles. The molecule has 0 fully saturated rings. The zero-order valence-corrected chi connectivity index (χ0v) is 14.5. The Hall–Kier alpha value is -1.62. The molecule has 1 aliphatic heterocycles. The van der Waals surface area contributed by atoms with Crippen molar-refractivity contribution in [2.75, 3.05) is 4.90 Å². The Kier molecular flexibility index (Phi) is 4.75. The van der Waals surface area contributed by atoms with Crippen LogP contribution in [0.5, 0.6) is 5.75 Å². The SMILES string of the molecule is CC(C)c1cccc2c1O[C@H](C(C)C)C(=S)N2[C@@H](C)C(=O)O. The molecule has 120 valence electrons. The van der Waals surface area contributed by atoms with E-state index in [0.717, 1.165) is 17.0 Å². The van der Waals surface area contributed by atoms with E-state index in [1.165, 1.54) is 0 Å². The van der Waals surface area contributed by atoms with Crippen molar-refractivity contribution >= 4 is 28.9 Å². The van der Waals surface area contributed by atoms with Crippen LogP contribution in [0, 0.1) is 5.92 Å². The monoisotopic (exact) mass is 321 g/mol. The fourth-order valence-corrected chi connectivity index (χ4v) is 3.26. The van der Waals surface area contributed by atoms with Crippen molar-refractivity contribution in [2.45, 2.75) is 52.7 Å². The summed E-state index contributed by atoms with van der Waals surface area (Å²) in [7, 11) is 0. The molecule has 0 aliphatic carbocycles. The summed E-state index contributed by atoms with van der Waals surface area (Å²) in [5.41, 5.74) is 1.83. The van der Waals surface area contributed by atoms with Crippen LogP contribution in [-0.2, 0) is 4.79 Å². The summed E-state index contributed by atoms with van der Waals surface area (Å²) in [5, 5.41) is 9.44. The number of anilines is 1. The van der Waals surface area contributed by atoms with E-state index in [9.17, 15) is 9.90 Å². The third-order valence-corrected chi connectivity index (χ3v) is 4.41. The molecular formula is C17H23NO3S. The Morgan fingerprint density at radius 3 is 2.41 bits per heavy atom. The molecule has 1 aromatic rings. The van der Waals surface area contributed by atoms with Crippen LogP contribution in [0.4, 0.5) is 5.69 Å². The number of carboxylic acid groups (broad SMARTS) is 1. The van der Waals surface area contributed by atoms with Crippen molar-refractivity contribution in [3.8, 4) is 5.75 Å². The van der Waals surface area contributed by atoms with Gasteiger partial charge >= 0.3 is 5.97 Å². The zero-order valence-electron chi connectivity index (χ0n) is 13.7. The van der Waals surface area contributed by atoms with E-state index in [4.69, 9.17) is 17.0 Å². The number of fused-ring (bicyclic) bond motifs is 1. The molecule has 1 N–H and O–H groups in total. The number of hydrogen-bond donors (Lipinski definition) is 1. The molecule has 0 aromatic heterocycles. The Labute approximate surface area is 137 Å². The van der Waals surface area contributed by atoms with Crippen LogP contribution < -0.4 is 9.64 Å². The number of carboxylic acids is 1. The topological polar surface area (TPSA) is 49.8 Å². The van der Waals surface area contributed by atoms with Crippen molar-refractivity contribution in [2.24, 2.45) is 5.92 Å². The lowest BCUT2D eigenvalue weighted by Crippen LogP contribution is -2.53. The average Bonchev–Trinajstić information content (AvgIpc) is 2.44. The molecule has 2 atom stereocenters. The van der Waals surface area contributed by atoms with Gasteiger partial charge in [-0.2, -0.15) is 0 Å². The maximum Gasteiger partial charge on any atom is 0.326 e. The van der Waals surface area contributed by atoms with E-state index < -0.39 is 12.0 Å². The molecule has 0 saturated carbocycles. The molecule has 0 spiro atoms. The second kappa shape index (κ2) is 6.24. The summed E-state index contributed by atoms with van der Waals surface area (Å²) >= 11 is 5.54. The van der Waals surface area contributed by atoms with Crippen LogP contribution >= 0.6 is 12.2 Å². The van der Waals surface area contributed by atoms with Gasteiger partial charge in [-0.05, 0) is 30.4 Å². The van der Waals surface area contributed by atoms with Gasteiger partial charge in [0, 0.05) is 0 Å². The molecular weight excluding hydrogens is 298 g/mol. The highest BCUT2D eigenvalue weighted by Gasteiger charge is 2.38. The maximum atomic E-state index is 11.5. The first-order valence-electron chi connectivity index (χ1n) is 7.61. The second-order valence-corrected chi connectivity index (χ2v) is 6.77. The van der Waals surface area contributed by atoms with Crippen LogP contribution in [0.1, 0.15) is 46.1 Å². The first kappa shape index (κ1) is 16.7. The van der Waals surface area contributed by atoms with Gasteiger partial charge in [-0.3, -0.25) is 0 Å². The van der Waals surface area contributed by atoms with Crippen molar-refractivity contribution < 1.29 is 14.6 Å². The average molecular weight is 321 g/mol. The molecule has 1 aromatic carbocycles. The number of carbonyl (C=O) groups is 1. The lowest BCUT2D eigenvalue weighted by molar-refractivity contribution is -0.137. The molecule has 5 heteroatoms. The van der Waals surface area contributed by atoms with E-state index in [-0.39, 0.29) is 17.9 Å². The van der Waals surface area contributed by atoms with Crippen molar-refractivity contribution in [1.29, 1.82) is 0 Å². The minimum Gasteiger partial charge on any atom is -0.481 e. The summed E-state index contributed by atoms with van der Waals surface area (Å²) in [6.07, 6.45) is -0.288. The summed E-state index contributed by atoms with van der Waals surface area (Å²) < 4.78 is 6.18. The quantitative estimate of drug-likeness (QED) is 0.854. The van der Waals surface area contributed by atoms with Gasteiger partial charge in [0.1, 0.15) is 16.8 Å². The standard InChI is InChI=1S/C17H23NO3S/c1-9(2)12-7-6-8-13-15(12)21-14(10(3)4)16(22)18(13)11(5)17(19)20/h6-11,14H,1-5H3,(H,19,20)/t11-,14+/m0/s1. The fourth-order valence-electron chi connectivity index (χ4n) is 2.68. The van der Waals surface area contributed by atoms with E-state index in [2.05, 4.69) is 13.8 Å². The van der Waals surface area contributed by atoms with Gasteiger partial charge in [0.15, 0.2) is 6.10 Å². The predicted octanol–water partition coefficient (Wildman–Crippen LogP) is 3.83. The fraction of sp³-hybridized carbons (Fsp3) is 0.529. The number of para-hydroxylation sites is 1. The minimum absolute atomic E-state index is 0.171. The first-order chi connectivity index (χ1) is 10.3. The lowest BCUT2D eigenvalue weighted by Gasteiger charge is -2.41. The molecule has 0 radical (unpaired) electrons. The van der Waals surface area contributed by atoms with Gasteiger partial charge < -0.3 is 14.7 Å². The third kappa shape index (κ3) is 2.82. The molecule has 0 unspecified atom stereocenters.